The minimum atomic E-state index is -0.424. The summed E-state index contributed by atoms with van der Waals surface area (Å²) in [5, 5.41) is 7.31. The lowest BCUT2D eigenvalue weighted by molar-refractivity contribution is 0.0932. The highest BCUT2D eigenvalue weighted by Gasteiger charge is 2.22. The van der Waals surface area contributed by atoms with Crippen molar-refractivity contribution in [1.82, 2.24) is 10.5 Å². The molecule has 0 saturated heterocycles. The van der Waals surface area contributed by atoms with E-state index < -0.39 is 5.54 Å². The van der Waals surface area contributed by atoms with Gasteiger partial charge in [0.2, 0.25) is 0 Å². The molecule has 1 aromatic heterocycles. The number of nitrogens with two attached hydrogens (primary N) is 1. The Bertz CT molecular complexity index is 709. The minimum absolute atomic E-state index is 0.0501. The number of benzene rings is 1. The van der Waals surface area contributed by atoms with Gasteiger partial charge in [0.15, 0.2) is 17.2 Å². The van der Waals surface area contributed by atoms with E-state index in [1.807, 2.05) is 13.8 Å². The highest BCUT2D eigenvalue weighted by molar-refractivity contribution is 6.37. The predicted molar refractivity (Wildman–Crippen MR) is 97.1 cm³/mol. The fraction of sp³-hybridized carbons (Fsp3) is 0.412. The Morgan fingerprint density at radius 3 is 2.56 bits per heavy atom. The van der Waals surface area contributed by atoms with Crippen LogP contribution in [0, 0.1) is 0 Å². The number of nitrogens with zero attached hydrogens (tertiary/aromatic N) is 1. The van der Waals surface area contributed by atoms with Crippen LogP contribution in [0.1, 0.15) is 42.9 Å². The van der Waals surface area contributed by atoms with Gasteiger partial charge in [0.05, 0.1) is 10.0 Å². The third-order valence-corrected chi connectivity index (χ3v) is 4.67. The van der Waals surface area contributed by atoms with Crippen LogP contribution < -0.4 is 15.8 Å². The zero-order valence-electron chi connectivity index (χ0n) is 14.1. The van der Waals surface area contributed by atoms with E-state index >= 15 is 0 Å². The topological polar surface area (TPSA) is 90.4 Å². The van der Waals surface area contributed by atoms with Crippen LogP contribution in [-0.4, -0.2) is 23.1 Å². The molecule has 0 aliphatic heterocycles. The molecular formula is C17H21Cl2N3O3. The summed E-state index contributed by atoms with van der Waals surface area (Å²) >= 11 is 12.1. The second-order valence-corrected chi connectivity index (χ2v) is 6.58. The molecule has 0 saturated carbocycles. The number of amides is 1. The maximum atomic E-state index is 12.1. The molecule has 0 atom stereocenters. The van der Waals surface area contributed by atoms with E-state index in [1.165, 1.54) is 6.07 Å². The van der Waals surface area contributed by atoms with Crippen LogP contribution in [0.5, 0.6) is 5.75 Å². The highest BCUT2D eigenvalue weighted by Crippen LogP contribution is 2.32. The summed E-state index contributed by atoms with van der Waals surface area (Å²) in [6.07, 6.45) is 1.53. The molecule has 8 heteroatoms. The van der Waals surface area contributed by atoms with Gasteiger partial charge in [0.25, 0.3) is 5.91 Å². The van der Waals surface area contributed by atoms with Crippen molar-refractivity contribution in [2.45, 2.75) is 38.8 Å². The molecule has 0 unspecified atom stereocenters. The summed E-state index contributed by atoms with van der Waals surface area (Å²) < 4.78 is 10.7. The van der Waals surface area contributed by atoms with E-state index in [0.29, 0.717) is 28.1 Å². The van der Waals surface area contributed by atoms with E-state index in [0.717, 1.165) is 12.8 Å². The number of halogens is 2. The molecular weight excluding hydrogens is 365 g/mol. The molecule has 1 amide bonds. The van der Waals surface area contributed by atoms with Crippen LogP contribution in [0.4, 0.5) is 0 Å². The lowest BCUT2D eigenvalue weighted by atomic mass is 9.94. The van der Waals surface area contributed by atoms with Crippen LogP contribution in [0.3, 0.4) is 0 Å². The van der Waals surface area contributed by atoms with Crippen molar-refractivity contribution >= 4 is 29.1 Å². The number of hydrogen-bond donors (Lipinski definition) is 2. The van der Waals surface area contributed by atoms with Gasteiger partial charge in [-0.25, -0.2) is 0 Å². The third kappa shape index (κ3) is 5.11. The van der Waals surface area contributed by atoms with Crippen LogP contribution in [0.2, 0.25) is 10.0 Å². The molecule has 25 heavy (non-hydrogen) atoms. The summed E-state index contributed by atoms with van der Waals surface area (Å²) in [7, 11) is 0. The molecule has 0 aliphatic carbocycles. The van der Waals surface area contributed by atoms with Crippen LogP contribution in [0.15, 0.2) is 28.8 Å². The van der Waals surface area contributed by atoms with Crippen LogP contribution in [-0.2, 0) is 6.61 Å². The van der Waals surface area contributed by atoms with E-state index in [9.17, 15) is 4.79 Å². The molecule has 136 valence electrons. The van der Waals surface area contributed by atoms with Crippen molar-refractivity contribution in [1.29, 1.82) is 0 Å². The average Bonchev–Trinajstić information content (AvgIpc) is 3.08. The number of ether oxygens (including phenoxy) is 1. The number of aromatic nitrogens is 1. The molecule has 0 aliphatic rings. The van der Waals surface area contributed by atoms with Crippen LogP contribution >= 0.6 is 23.2 Å². The Morgan fingerprint density at radius 1 is 1.32 bits per heavy atom. The highest BCUT2D eigenvalue weighted by atomic mass is 35.5. The van der Waals surface area contributed by atoms with Gasteiger partial charge in [0.1, 0.15) is 6.61 Å². The molecule has 6 nitrogen and oxygen atoms in total. The van der Waals surface area contributed by atoms with E-state index in [2.05, 4.69) is 10.5 Å². The van der Waals surface area contributed by atoms with Crippen molar-refractivity contribution in [3.63, 3.8) is 0 Å². The number of carbonyl (C=O) groups excluding carboxylic acids is 1. The molecule has 2 aromatic rings. The average molecular weight is 386 g/mol. The maximum absolute atomic E-state index is 12.1. The second kappa shape index (κ2) is 8.56. The third-order valence-electron chi connectivity index (χ3n) is 4.08. The maximum Gasteiger partial charge on any atom is 0.273 e. The first kappa shape index (κ1) is 19.6. The second-order valence-electron chi connectivity index (χ2n) is 5.77. The van der Waals surface area contributed by atoms with Gasteiger partial charge in [-0.05, 0) is 25.0 Å². The zero-order valence-corrected chi connectivity index (χ0v) is 15.7. The van der Waals surface area contributed by atoms with Crippen molar-refractivity contribution in [2.24, 2.45) is 5.73 Å². The predicted octanol–water partition coefficient (Wildman–Crippen LogP) is 3.81. The molecule has 0 radical (unpaired) electrons. The summed E-state index contributed by atoms with van der Waals surface area (Å²) in [6.45, 7) is 4.39. The first-order valence-electron chi connectivity index (χ1n) is 7.98. The SMILES string of the molecule is CCC(N)(CC)CNC(=O)c1cc(COc2c(Cl)cccc2Cl)on1. The molecule has 0 fully saturated rings. The monoisotopic (exact) mass is 385 g/mol. The largest absolute Gasteiger partial charge is 0.482 e. The zero-order chi connectivity index (χ0) is 18.4. The van der Waals surface area contributed by atoms with Gasteiger partial charge in [-0.1, -0.05) is 48.3 Å². The Labute approximate surface area is 156 Å². The number of hydrogen-bond acceptors (Lipinski definition) is 5. The lowest BCUT2D eigenvalue weighted by Crippen LogP contribution is -2.49. The summed E-state index contributed by atoms with van der Waals surface area (Å²) in [4.78, 5) is 12.1. The Kier molecular flexibility index (Phi) is 6.70. The quantitative estimate of drug-likeness (QED) is 0.720. The fourth-order valence-electron chi connectivity index (χ4n) is 2.10. The molecule has 2 rings (SSSR count). The van der Waals surface area contributed by atoms with Crippen molar-refractivity contribution in [3.8, 4) is 5.75 Å². The van der Waals surface area contributed by atoms with Gasteiger partial charge >= 0.3 is 0 Å². The normalized spacial score (nSPS) is 11.4. The van der Waals surface area contributed by atoms with Crippen molar-refractivity contribution in [2.75, 3.05) is 6.54 Å². The van der Waals surface area contributed by atoms with Gasteiger partial charge < -0.3 is 20.3 Å². The Balaban J connectivity index is 1.94. The number of rotatable bonds is 8. The first-order chi connectivity index (χ1) is 11.9. The first-order valence-corrected chi connectivity index (χ1v) is 8.73. The smallest absolute Gasteiger partial charge is 0.273 e. The Morgan fingerprint density at radius 2 is 1.96 bits per heavy atom. The molecule has 0 bridgehead atoms. The summed E-state index contributed by atoms with van der Waals surface area (Å²) in [5.41, 5.74) is 5.91. The number of carbonyl (C=O) groups is 1. The Hall–Kier alpha value is -1.76. The lowest BCUT2D eigenvalue weighted by Gasteiger charge is -2.26. The number of nitrogens with one attached hydrogen (secondary N) is 1. The summed E-state index contributed by atoms with van der Waals surface area (Å²) in [5.74, 6) is 0.390. The standard InChI is InChI=1S/C17H21Cl2N3O3/c1-3-17(20,4-2)10-21-16(23)14-8-11(25-22-14)9-24-15-12(18)6-5-7-13(15)19/h5-8H,3-4,9-10,20H2,1-2H3,(H,21,23). The van der Waals surface area contributed by atoms with Gasteiger partial charge in [-0.2, -0.15) is 0 Å². The minimum Gasteiger partial charge on any atom is -0.482 e. The molecule has 1 aromatic carbocycles. The van der Waals surface area contributed by atoms with Crippen LogP contribution in [0.25, 0.3) is 0 Å². The van der Waals surface area contributed by atoms with Crippen molar-refractivity contribution in [3.05, 3.63) is 45.8 Å². The molecule has 3 N–H and O–H groups in total. The van der Waals surface area contributed by atoms with Gasteiger partial charge in [0, 0.05) is 18.2 Å². The van der Waals surface area contributed by atoms with Crippen molar-refractivity contribution < 1.29 is 14.1 Å². The summed E-state index contributed by atoms with van der Waals surface area (Å²) in [6, 6.07) is 6.57. The fourth-order valence-corrected chi connectivity index (χ4v) is 2.61. The van der Waals surface area contributed by atoms with Gasteiger partial charge in [-0.3, -0.25) is 4.79 Å². The van der Waals surface area contributed by atoms with E-state index in [1.54, 1.807) is 18.2 Å². The van der Waals surface area contributed by atoms with Gasteiger partial charge in [-0.15, -0.1) is 0 Å². The molecule has 0 spiro atoms. The molecule has 1 heterocycles. The number of para-hydroxylation sites is 1. The van der Waals surface area contributed by atoms with E-state index in [-0.39, 0.29) is 18.2 Å². The van der Waals surface area contributed by atoms with E-state index in [4.69, 9.17) is 38.2 Å².